The van der Waals surface area contributed by atoms with E-state index in [4.69, 9.17) is 4.74 Å². The van der Waals surface area contributed by atoms with E-state index in [9.17, 15) is 9.59 Å². The van der Waals surface area contributed by atoms with Crippen LogP contribution in [0.3, 0.4) is 0 Å². The summed E-state index contributed by atoms with van der Waals surface area (Å²) >= 11 is 0. The van der Waals surface area contributed by atoms with Crippen LogP contribution < -0.4 is 0 Å². The Hall–Kier alpha value is -1.10. The maximum atomic E-state index is 13.4. The zero-order valence-corrected chi connectivity index (χ0v) is 30.1. The van der Waals surface area contributed by atoms with Gasteiger partial charge in [-0.05, 0) is 71.5 Å². The van der Waals surface area contributed by atoms with E-state index >= 15 is 0 Å². The first-order valence-electron chi connectivity index (χ1n) is 19.0. The molecular weight excluding hydrogens is 532 g/mol. The van der Waals surface area contributed by atoms with Gasteiger partial charge in [-0.2, -0.15) is 0 Å². The zero-order valence-electron chi connectivity index (χ0n) is 30.1. The van der Waals surface area contributed by atoms with Crippen molar-refractivity contribution < 1.29 is 14.3 Å². The molecule has 5 nitrogen and oxygen atoms in total. The highest BCUT2D eigenvalue weighted by Crippen LogP contribution is 2.21. The fourth-order valence-corrected chi connectivity index (χ4v) is 6.13. The minimum Gasteiger partial charge on any atom is -0.465 e. The summed E-state index contributed by atoms with van der Waals surface area (Å²) < 4.78 is 5.78. The van der Waals surface area contributed by atoms with Crippen molar-refractivity contribution >= 4 is 11.9 Å². The average molecular weight is 609 g/mol. The lowest BCUT2D eigenvalue weighted by Crippen LogP contribution is -2.41. The normalized spacial score (nSPS) is 12.9. The Morgan fingerprint density at radius 2 is 1.02 bits per heavy atom. The second-order valence-corrected chi connectivity index (χ2v) is 13.6. The zero-order chi connectivity index (χ0) is 32.0. The number of unbranched alkanes of at least 4 members (excludes halogenated alkanes) is 13. The minimum atomic E-state index is -0.0176. The summed E-state index contributed by atoms with van der Waals surface area (Å²) in [5.41, 5.74) is 0. The molecule has 0 aromatic rings. The average Bonchev–Trinajstić information content (AvgIpc) is 2.99. The van der Waals surface area contributed by atoms with Crippen molar-refractivity contribution in [1.29, 1.82) is 0 Å². The van der Waals surface area contributed by atoms with Crippen LogP contribution in [-0.4, -0.2) is 61.5 Å². The van der Waals surface area contributed by atoms with Crippen molar-refractivity contribution in [2.45, 2.75) is 194 Å². The van der Waals surface area contributed by atoms with Crippen molar-refractivity contribution in [3.8, 4) is 0 Å². The lowest BCUT2D eigenvalue weighted by atomic mass is 9.95. The minimum absolute atomic E-state index is 0.0176. The maximum absolute atomic E-state index is 13.4. The highest BCUT2D eigenvalue weighted by Gasteiger charge is 2.22. The van der Waals surface area contributed by atoms with Crippen LogP contribution in [0.25, 0.3) is 0 Å². The van der Waals surface area contributed by atoms with Gasteiger partial charge in [-0.15, -0.1) is 0 Å². The van der Waals surface area contributed by atoms with Crippen molar-refractivity contribution in [3.63, 3.8) is 0 Å². The third kappa shape index (κ3) is 25.9. The van der Waals surface area contributed by atoms with Crippen LogP contribution in [-0.2, 0) is 14.3 Å². The number of rotatable bonds is 32. The summed E-state index contributed by atoms with van der Waals surface area (Å²) in [7, 11) is 4.23. The van der Waals surface area contributed by atoms with Gasteiger partial charge in [-0.1, -0.05) is 130 Å². The number of ether oxygens (including phenoxy) is 1. The Morgan fingerprint density at radius 3 is 1.67 bits per heavy atom. The Balaban J connectivity index is 4.74. The largest absolute Gasteiger partial charge is 0.465 e. The van der Waals surface area contributed by atoms with Gasteiger partial charge in [0.05, 0.1) is 6.61 Å². The molecule has 0 aliphatic rings. The molecule has 0 bridgehead atoms. The van der Waals surface area contributed by atoms with Crippen molar-refractivity contribution in [1.82, 2.24) is 9.80 Å². The summed E-state index contributed by atoms with van der Waals surface area (Å²) in [6.45, 7) is 11.5. The van der Waals surface area contributed by atoms with Gasteiger partial charge in [0.1, 0.15) is 0 Å². The molecule has 5 heteroatoms. The van der Waals surface area contributed by atoms with Gasteiger partial charge in [0.2, 0.25) is 5.91 Å². The highest BCUT2D eigenvalue weighted by molar-refractivity contribution is 5.76. The summed E-state index contributed by atoms with van der Waals surface area (Å²) in [4.78, 5) is 30.5. The van der Waals surface area contributed by atoms with Crippen molar-refractivity contribution in [2.24, 2.45) is 5.92 Å². The van der Waals surface area contributed by atoms with Gasteiger partial charge in [0.15, 0.2) is 0 Å². The van der Waals surface area contributed by atoms with Crippen molar-refractivity contribution in [2.75, 3.05) is 33.8 Å². The SMILES string of the molecule is CCCCCCCCC(=O)N(CCCN(C)C)C(CCCC)CCCCCC(=O)OCC(CCCCC)CCCCCC. The quantitative estimate of drug-likeness (QED) is 0.0563. The van der Waals surface area contributed by atoms with Gasteiger partial charge in [0, 0.05) is 25.4 Å². The highest BCUT2D eigenvalue weighted by atomic mass is 16.5. The Kier molecular flexibility index (Phi) is 30.1. The van der Waals surface area contributed by atoms with E-state index in [-0.39, 0.29) is 5.97 Å². The molecule has 0 heterocycles. The maximum Gasteiger partial charge on any atom is 0.305 e. The fraction of sp³-hybridized carbons (Fsp3) is 0.947. The smallest absolute Gasteiger partial charge is 0.305 e. The first-order chi connectivity index (χ1) is 20.9. The lowest BCUT2D eigenvalue weighted by Gasteiger charge is -2.33. The molecule has 0 aliphatic heterocycles. The van der Waals surface area contributed by atoms with Crippen LogP contribution in [0.2, 0.25) is 0 Å². The summed E-state index contributed by atoms with van der Waals surface area (Å²) in [6.07, 6.45) is 28.3. The molecule has 2 unspecified atom stereocenters. The predicted octanol–water partition coefficient (Wildman–Crippen LogP) is 10.7. The van der Waals surface area contributed by atoms with E-state index in [0.29, 0.717) is 37.3 Å². The molecule has 43 heavy (non-hydrogen) atoms. The number of carbonyl (C=O) groups is 2. The van der Waals surface area contributed by atoms with Crippen LogP contribution in [0.1, 0.15) is 188 Å². The molecule has 0 aromatic heterocycles. The van der Waals surface area contributed by atoms with Crippen LogP contribution in [0.4, 0.5) is 0 Å². The number of hydrogen-bond acceptors (Lipinski definition) is 4. The number of esters is 1. The molecule has 0 aliphatic carbocycles. The number of hydrogen-bond donors (Lipinski definition) is 0. The van der Waals surface area contributed by atoms with E-state index in [1.54, 1.807) is 0 Å². The van der Waals surface area contributed by atoms with Gasteiger partial charge in [-0.3, -0.25) is 9.59 Å². The van der Waals surface area contributed by atoms with Crippen LogP contribution in [0.15, 0.2) is 0 Å². The topological polar surface area (TPSA) is 49.9 Å². The van der Waals surface area contributed by atoms with E-state index in [1.807, 2.05) is 0 Å². The van der Waals surface area contributed by atoms with E-state index in [0.717, 1.165) is 64.5 Å². The molecule has 0 aromatic carbocycles. The van der Waals surface area contributed by atoms with Gasteiger partial charge < -0.3 is 14.5 Å². The van der Waals surface area contributed by atoms with Crippen LogP contribution in [0, 0.1) is 5.92 Å². The molecule has 0 saturated heterocycles. The molecule has 0 spiro atoms. The Bertz CT molecular complexity index is 624. The van der Waals surface area contributed by atoms with E-state index in [2.05, 4.69) is 51.6 Å². The first-order valence-corrected chi connectivity index (χ1v) is 19.0. The lowest BCUT2D eigenvalue weighted by molar-refractivity contribution is -0.145. The second kappa shape index (κ2) is 30.9. The van der Waals surface area contributed by atoms with Gasteiger partial charge >= 0.3 is 5.97 Å². The van der Waals surface area contributed by atoms with Crippen LogP contribution in [0.5, 0.6) is 0 Å². The van der Waals surface area contributed by atoms with Crippen molar-refractivity contribution in [3.05, 3.63) is 0 Å². The molecule has 1 amide bonds. The molecule has 0 N–H and O–H groups in total. The predicted molar refractivity (Wildman–Crippen MR) is 187 cm³/mol. The number of carbonyl (C=O) groups excluding carboxylic acids is 2. The van der Waals surface area contributed by atoms with Gasteiger partial charge in [0.25, 0.3) is 0 Å². The first kappa shape index (κ1) is 41.9. The number of amides is 1. The third-order valence-corrected chi connectivity index (χ3v) is 8.98. The molecular formula is C38H76N2O3. The molecule has 256 valence electrons. The molecule has 0 fully saturated rings. The Morgan fingerprint density at radius 1 is 0.535 bits per heavy atom. The molecule has 0 rings (SSSR count). The fourth-order valence-electron chi connectivity index (χ4n) is 6.13. The summed E-state index contributed by atoms with van der Waals surface area (Å²) in [5.74, 6) is 0.872. The van der Waals surface area contributed by atoms with E-state index < -0.39 is 0 Å². The molecule has 0 radical (unpaired) electrons. The second-order valence-electron chi connectivity index (χ2n) is 13.6. The number of nitrogens with zero attached hydrogens (tertiary/aromatic N) is 2. The molecule has 0 saturated carbocycles. The standard InChI is InChI=1S/C38H76N2O3/c1-7-11-15-17-18-23-30-37(41)40(33-25-32-39(5)6)36(28-14-10-4)29-22-19-24-31-38(42)43-34-35(26-20-13-9-3)27-21-16-12-8-2/h35-36H,7-34H2,1-6H3. The summed E-state index contributed by atoms with van der Waals surface area (Å²) in [5, 5.41) is 0. The third-order valence-electron chi connectivity index (χ3n) is 8.98. The van der Waals surface area contributed by atoms with Crippen LogP contribution >= 0.6 is 0 Å². The summed E-state index contributed by atoms with van der Waals surface area (Å²) in [6, 6.07) is 0.332. The Labute approximate surface area is 269 Å². The molecule has 2 atom stereocenters. The van der Waals surface area contributed by atoms with Gasteiger partial charge in [-0.25, -0.2) is 0 Å². The monoisotopic (exact) mass is 609 g/mol. The van der Waals surface area contributed by atoms with E-state index in [1.165, 1.54) is 96.3 Å².